The Morgan fingerprint density at radius 3 is 2.62 bits per heavy atom. The molecule has 0 saturated carbocycles. The first-order chi connectivity index (χ1) is 11.7. The Bertz CT molecular complexity index is 654. The molecule has 2 heterocycles. The molecular weight excluding hydrogens is 298 g/mol. The van der Waals surface area contributed by atoms with Gasteiger partial charge in [0.25, 0.3) is 5.91 Å². The van der Waals surface area contributed by atoms with Crippen molar-refractivity contribution in [2.24, 2.45) is 5.92 Å². The Balaban J connectivity index is 1.52. The van der Waals surface area contributed by atoms with E-state index < -0.39 is 0 Å². The smallest absolute Gasteiger partial charge is 0.251 e. The number of hydrogen-bond donors (Lipinski definition) is 1. The predicted molar refractivity (Wildman–Crippen MR) is 95.5 cm³/mol. The molecule has 1 N–H and O–H groups in total. The number of hydrogen-bond acceptors (Lipinski definition) is 3. The molecule has 0 unspecified atom stereocenters. The van der Waals surface area contributed by atoms with E-state index in [1.54, 1.807) is 12.4 Å². The van der Waals surface area contributed by atoms with E-state index in [0.29, 0.717) is 12.1 Å². The molecule has 0 spiro atoms. The van der Waals surface area contributed by atoms with Gasteiger partial charge >= 0.3 is 0 Å². The van der Waals surface area contributed by atoms with Gasteiger partial charge in [0, 0.05) is 37.6 Å². The molecule has 1 aromatic heterocycles. The molecular formula is C20H25N3O. The van der Waals surface area contributed by atoms with Crippen molar-refractivity contribution in [3.8, 4) is 0 Å². The van der Waals surface area contributed by atoms with Crippen molar-refractivity contribution < 1.29 is 4.79 Å². The van der Waals surface area contributed by atoms with Gasteiger partial charge in [0.15, 0.2) is 0 Å². The molecule has 3 rings (SSSR count). The number of rotatable bonds is 5. The van der Waals surface area contributed by atoms with Gasteiger partial charge in [-0.25, -0.2) is 0 Å². The monoisotopic (exact) mass is 323 g/mol. The summed E-state index contributed by atoms with van der Waals surface area (Å²) in [6, 6.07) is 11.8. The minimum Gasteiger partial charge on any atom is -0.348 e. The second-order valence-corrected chi connectivity index (χ2v) is 6.72. The van der Waals surface area contributed by atoms with Gasteiger partial charge in [-0.1, -0.05) is 19.1 Å². The zero-order valence-electron chi connectivity index (χ0n) is 14.2. The lowest BCUT2D eigenvalue weighted by atomic mass is 9.99. The van der Waals surface area contributed by atoms with Gasteiger partial charge in [-0.3, -0.25) is 14.7 Å². The highest BCUT2D eigenvalue weighted by atomic mass is 16.1. The van der Waals surface area contributed by atoms with E-state index in [9.17, 15) is 4.79 Å². The highest BCUT2D eigenvalue weighted by Gasteiger charge is 2.16. The van der Waals surface area contributed by atoms with Crippen LogP contribution in [0.5, 0.6) is 0 Å². The van der Waals surface area contributed by atoms with Crippen LogP contribution in [0.25, 0.3) is 0 Å². The number of nitrogens with zero attached hydrogens (tertiary/aromatic N) is 2. The number of aromatic nitrogens is 1. The second kappa shape index (κ2) is 8.06. The summed E-state index contributed by atoms with van der Waals surface area (Å²) >= 11 is 0. The zero-order valence-corrected chi connectivity index (χ0v) is 14.2. The third-order valence-electron chi connectivity index (χ3n) is 4.57. The van der Waals surface area contributed by atoms with Crippen molar-refractivity contribution >= 4 is 5.91 Å². The summed E-state index contributed by atoms with van der Waals surface area (Å²) < 4.78 is 0. The summed E-state index contributed by atoms with van der Waals surface area (Å²) in [5, 5.41) is 2.94. The molecule has 1 aliphatic heterocycles. The number of amides is 1. The van der Waals surface area contributed by atoms with Gasteiger partial charge in [0.05, 0.1) is 0 Å². The third kappa shape index (κ3) is 4.65. The molecule has 4 nitrogen and oxygen atoms in total. The fourth-order valence-electron chi connectivity index (χ4n) is 3.24. The van der Waals surface area contributed by atoms with Gasteiger partial charge < -0.3 is 5.32 Å². The van der Waals surface area contributed by atoms with Gasteiger partial charge in [-0.05, 0) is 60.7 Å². The fraction of sp³-hybridized carbons (Fsp3) is 0.400. The number of pyridine rings is 1. The quantitative estimate of drug-likeness (QED) is 0.919. The summed E-state index contributed by atoms with van der Waals surface area (Å²) in [5.41, 5.74) is 3.03. The lowest BCUT2D eigenvalue weighted by molar-refractivity contribution is 0.0951. The lowest BCUT2D eigenvalue weighted by Crippen LogP contribution is -2.33. The van der Waals surface area contributed by atoms with Crippen molar-refractivity contribution in [3.63, 3.8) is 0 Å². The predicted octanol–water partition coefficient (Wildman–Crippen LogP) is 3.24. The van der Waals surface area contributed by atoms with Crippen LogP contribution in [0.2, 0.25) is 0 Å². The minimum atomic E-state index is -0.0371. The average molecular weight is 323 g/mol. The Labute approximate surface area is 143 Å². The molecule has 1 atom stereocenters. The number of nitrogens with one attached hydrogen (secondary N) is 1. The third-order valence-corrected chi connectivity index (χ3v) is 4.57. The van der Waals surface area contributed by atoms with Crippen molar-refractivity contribution in [3.05, 3.63) is 65.5 Å². The first-order valence-corrected chi connectivity index (χ1v) is 8.69. The maximum Gasteiger partial charge on any atom is 0.251 e. The molecule has 1 fully saturated rings. The van der Waals surface area contributed by atoms with Crippen LogP contribution >= 0.6 is 0 Å². The average Bonchev–Trinajstić information content (AvgIpc) is 2.61. The van der Waals surface area contributed by atoms with Crippen LogP contribution in [0.4, 0.5) is 0 Å². The molecule has 2 aromatic rings. The SMILES string of the molecule is C[C@H]1CCCN(Cc2ccc(C(=O)NCc3ccncc3)cc2)C1. The minimum absolute atomic E-state index is 0.0371. The van der Waals surface area contributed by atoms with Gasteiger partial charge in [-0.2, -0.15) is 0 Å². The first-order valence-electron chi connectivity index (χ1n) is 8.69. The van der Waals surface area contributed by atoms with Gasteiger partial charge in [0.2, 0.25) is 0 Å². The van der Waals surface area contributed by atoms with E-state index in [0.717, 1.165) is 18.0 Å². The highest BCUT2D eigenvalue weighted by molar-refractivity contribution is 5.94. The molecule has 1 aromatic carbocycles. The van der Waals surface area contributed by atoms with E-state index in [2.05, 4.69) is 34.3 Å². The molecule has 4 heteroatoms. The second-order valence-electron chi connectivity index (χ2n) is 6.72. The van der Waals surface area contributed by atoms with Crippen molar-refractivity contribution in [2.75, 3.05) is 13.1 Å². The number of likely N-dealkylation sites (tertiary alicyclic amines) is 1. The standard InChI is InChI=1S/C20H25N3O/c1-16-3-2-12-23(14-16)15-18-4-6-19(7-5-18)20(24)22-13-17-8-10-21-11-9-17/h4-11,16H,2-3,12-15H2,1H3,(H,22,24)/t16-/m0/s1. The number of piperidine rings is 1. The fourth-order valence-corrected chi connectivity index (χ4v) is 3.24. The van der Waals surface area contributed by atoms with Gasteiger partial charge in [0.1, 0.15) is 0 Å². The van der Waals surface area contributed by atoms with E-state index in [-0.39, 0.29) is 5.91 Å². The molecule has 24 heavy (non-hydrogen) atoms. The van der Waals surface area contributed by atoms with Crippen molar-refractivity contribution in [1.82, 2.24) is 15.2 Å². The van der Waals surface area contributed by atoms with Crippen LogP contribution in [0.15, 0.2) is 48.8 Å². The van der Waals surface area contributed by atoms with E-state index in [1.165, 1.54) is 31.5 Å². The molecule has 1 aliphatic rings. The van der Waals surface area contributed by atoms with E-state index in [4.69, 9.17) is 0 Å². The summed E-state index contributed by atoms with van der Waals surface area (Å²) in [6.45, 7) is 6.17. The largest absolute Gasteiger partial charge is 0.348 e. The van der Waals surface area contributed by atoms with Crippen LogP contribution in [0, 0.1) is 5.92 Å². The first kappa shape index (κ1) is 16.7. The van der Waals surface area contributed by atoms with E-state index >= 15 is 0 Å². The van der Waals surface area contributed by atoms with Gasteiger partial charge in [-0.15, -0.1) is 0 Å². The Morgan fingerprint density at radius 2 is 1.92 bits per heavy atom. The summed E-state index contributed by atoms with van der Waals surface area (Å²) in [4.78, 5) is 18.7. The molecule has 0 aliphatic carbocycles. The molecule has 126 valence electrons. The maximum absolute atomic E-state index is 12.2. The molecule has 1 amide bonds. The van der Waals surface area contributed by atoms with Crippen LogP contribution in [-0.2, 0) is 13.1 Å². The van der Waals surface area contributed by atoms with Crippen LogP contribution < -0.4 is 5.32 Å². The van der Waals surface area contributed by atoms with Crippen molar-refractivity contribution in [2.45, 2.75) is 32.9 Å². The van der Waals surface area contributed by atoms with Crippen molar-refractivity contribution in [1.29, 1.82) is 0 Å². The topological polar surface area (TPSA) is 45.2 Å². The summed E-state index contributed by atoms with van der Waals surface area (Å²) in [6.07, 6.45) is 6.10. The number of carbonyl (C=O) groups excluding carboxylic acids is 1. The van der Waals surface area contributed by atoms with Crippen LogP contribution in [0.1, 0.15) is 41.3 Å². The molecule has 0 radical (unpaired) electrons. The lowest BCUT2D eigenvalue weighted by Gasteiger charge is -2.30. The highest BCUT2D eigenvalue weighted by Crippen LogP contribution is 2.18. The van der Waals surface area contributed by atoms with E-state index in [1.807, 2.05) is 24.3 Å². The van der Waals surface area contributed by atoms with Crippen LogP contribution in [-0.4, -0.2) is 28.9 Å². The Morgan fingerprint density at radius 1 is 1.17 bits per heavy atom. The van der Waals surface area contributed by atoms with Crippen LogP contribution in [0.3, 0.4) is 0 Å². The normalized spacial score (nSPS) is 18.3. The Hall–Kier alpha value is -2.20. The molecule has 1 saturated heterocycles. The maximum atomic E-state index is 12.2. The Kier molecular flexibility index (Phi) is 5.59. The summed E-state index contributed by atoms with van der Waals surface area (Å²) in [5.74, 6) is 0.752. The molecule has 0 bridgehead atoms. The zero-order chi connectivity index (χ0) is 16.8. The number of carbonyl (C=O) groups is 1. The summed E-state index contributed by atoms with van der Waals surface area (Å²) in [7, 11) is 0. The number of benzene rings is 1.